The maximum absolute atomic E-state index is 12.8. The molecule has 1 aliphatic rings. The molecule has 5 heteroatoms. The number of para-hydroxylation sites is 1. The van der Waals surface area contributed by atoms with Gasteiger partial charge in [0.25, 0.3) is 0 Å². The van der Waals surface area contributed by atoms with Gasteiger partial charge in [-0.05, 0) is 28.8 Å². The number of ether oxygens (including phenoxy) is 1. The summed E-state index contributed by atoms with van der Waals surface area (Å²) < 4.78 is 8.18. The van der Waals surface area contributed by atoms with Gasteiger partial charge in [-0.25, -0.2) is 4.79 Å². The molecule has 5 aromatic rings. The summed E-state index contributed by atoms with van der Waals surface area (Å²) in [7, 11) is 0. The van der Waals surface area contributed by atoms with Crippen molar-refractivity contribution in [3.8, 4) is 5.75 Å². The highest BCUT2D eigenvalue weighted by molar-refractivity contribution is 5.82. The largest absolute Gasteiger partial charge is 0.485 e. The summed E-state index contributed by atoms with van der Waals surface area (Å²) >= 11 is 0. The van der Waals surface area contributed by atoms with Crippen LogP contribution in [0.15, 0.2) is 114 Å². The van der Waals surface area contributed by atoms with Crippen molar-refractivity contribution >= 4 is 11.0 Å². The van der Waals surface area contributed by atoms with Crippen LogP contribution in [0.5, 0.6) is 5.75 Å². The number of aromatic amines is 1. The van der Waals surface area contributed by atoms with Gasteiger partial charge < -0.3 is 9.72 Å². The second-order valence-corrected chi connectivity index (χ2v) is 9.07. The number of H-pyrrole nitrogens is 1. The second kappa shape index (κ2) is 9.28. The third-order valence-electron chi connectivity index (χ3n) is 6.72. The minimum absolute atomic E-state index is 0.0662. The fourth-order valence-corrected chi connectivity index (χ4v) is 4.99. The Morgan fingerprint density at radius 1 is 0.771 bits per heavy atom. The van der Waals surface area contributed by atoms with Gasteiger partial charge in [0.2, 0.25) is 0 Å². The number of imidazole rings is 1. The topological polar surface area (TPSA) is 50.3 Å². The van der Waals surface area contributed by atoms with Crippen LogP contribution in [0.3, 0.4) is 0 Å². The van der Waals surface area contributed by atoms with E-state index < -0.39 is 0 Å². The molecule has 0 spiro atoms. The molecule has 1 N–H and O–H groups in total. The molecule has 0 saturated carbocycles. The number of nitrogens with zero attached hydrogens (tertiary/aromatic N) is 2. The lowest BCUT2D eigenvalue weighted by atomic mass is 9.94. The Kier molecular flexibility index (Phi) is 5.68. The average molecular weight is 462 g/mol. The van der Waals surface area contributed by atoms with E-state index in [1.165, 1.54) is 11.1 Å². The average Bonchev–Trinajstić information content (AvgIpc) is 3.20. The molecule has 6 rings (SSSR count). The molecule has 1 saturated heterocycles. The highest BCUT2D eigenvalue weighted by Gasteiger charge is 2.35. The number of aromatic nitrogens is 2. The van der Waals surface area contributed by atoms with Crippen LogP contribution in [0.2, 0.25) is 0 Å². The van der Waals surface area contributed by atoms with Crippen LogP contribution in [0.4, 0.5) is 0 Å². The Bertz CT molecular complexity index is 1430. The van der Waals surface area contributed by atoms with Gasteiger partial charge in [0.15, 0.2) is 0 Å². The molecule has 35 heavy (non-hydrogen) atoms. The Morgan fingerprint density at radius 3 is 2.00 bits per heavy atom. The van der Waals surface area contributed by atoms with Crippen LogP contribution in [-0.2, 0) is 6.54 Å². The molecule has 0 amide bonds. The van der Waals surface area contributed by atoms with Gasteiger partial charge >= 0.3 is 5.69 Å². The van der Waals surface area contributed by atoms with Crippen molar-refractivity contribution in [3.05, 3.63) is 136 Å². The molecule has 5 nitrogen and oxygen atoms in total. The first-order valence-corrected chi connectivity index (χ1v) is 12.0. The fraction of sp³-hybridized carbons (Fsp3) is 0.167. The van der Waals surface area contributed by atoms with Crippen LogP contribution in [-0.4, -0.2) is 33.6 Å². The van der Waals surface area contributed by atoms with E-state index >= 15 is 0 Å². The third-order valence-corrected chi connectivity index (χ3v) is 6.72. The fourth-order valence-electron chi connectivity index (χ4n) is 4.99. The first-order chi connectivity index (χ1) is 17.3. The maximum Gasteiger partial charge on any atom is 0.326 e. The number of hydrogen-bond acceptors (Lipinski definition) is 3. The van der Waals surface area contributed by atoms with Gasteiger partial charge in [0.05, 0.1) is 18.1 Å². The number of fused-ring (bicyclic) bond motifs is 1. The van der Waals surface area contributed by atoms with Crippen molar-refractivity contribution in [2.24, 2.45) is 0 Å². The smallest absolute Gasteiger partial charge is 0.326 e. The van der Waals surface area contributed by atoms with Crippen LogP contribution in [0, 0.1) is 0 Å². The minimum atomic E-state index is -0.122. The van der Waals surface area contributed by atoms with Crippen molar-refractivity contribution in [2.45, 2.75) is 18.7 Å². The normalized spacial score (nSPS) is 14.3. The Morgan fingerprint density at radius 2 is 1.37 bits per heavy atom. The van der Waals surface area contributed by atoms with Gasteiger partial charge in [-0.15, -0.1) is 0 Å². The highest BCUT2D eigenvalue weighted by Crippen LogP contribution is 2.34. The summed E-state index contributed by atoms with van der Waals surface area (Å²) in [5.41, 5.74) is 5.14. The first-order valence-electron chi connectivity index (χ1n) is 12.0. The van der Waals surface area contributed by atoms with E-state index in [-0.39, 0.29) is 17.8 Å². The summed E-state index contributed by atoms with van der Waals surface area (Å²) in [5.74, 6) is 0.729. The van der Waals surface area contributed by atoms with E-state index in [1.54, 1.807) is 4.57 Å². The zero-order valence-corrected chi connectivity index (χ0v) is 19.4. The molecular formula is C30H27N3O2. The van der Waals surface area contributed by atoms with Gasteiger partial charge in [-0.3, -0.25) is 9.47 Å². The van der Waals surface area contributed by atoms with Gasteiger partial charge in [-0.1, -0.05) is 97.1 Å². The molecule has 4 aromatic carbocycles. The Hall–Kier alpha value is -4.09. The summed E-state index contributed by atoms with van der Waals surface area (Å²) in [6, 6.07) is 37.3. The highest BCUT2D eigenvalue weighted by atomic mass is 16.5. The Labute approximate surface area is 204 Å². The molecule has 1 aliphatic heterocycles. The van der Waals surface area contributed by atoms with Crippen molar-refractivity contribution in [3.63, 3.8) is 0 Å². The predicted molar refractivity (Wildman–Crippen MR) is 139 cm³/mol. The predicted octanol–water partition coefficient (Wildman–Crippen LogP) is 5.23. The molecule has 1 aromatic heterocycles. The zero-order chi connectivity index (χ0) is 23.6. The Balaban J connectivity index is 1.22. The lowest BCUT2D eigenvalue weighted by molar-refractivity contribution is 0.00103. The monoisotopic (exact) mass is 461 g/mol. The number of rotatable bonds is 7. The van der Waals surface area contributed by atoms with Crippen LogP contribution >= 0.6 is 0 Å². The second-order valence-electron chi connectivity index (χ2n) is 9.07. The maximum atomic E-state index is 12.8. The van der Waals surface area contributed by atoms with Gasteiger partial charge in [-0.2, -0.15) is 0 Å². The van der Waals surface area contributed by atoms with Crippen molar-refractivity contribution < 1.29 is 4.74 Å². The van der Waals surface area contributed by atoms with E-state index in [4.69, 9.17) is 4.74 Å². The molecule has 0 bridgehead atoms. The SMILES string of the molecule is O=c1[nH]c2c(OC3CN(C(c4ccccc4)c4ccccc4)C3)cccc2n1Cc1ccccc1. The van der Waals surface area contributed by atoms with Crippen molar-refractivity contribution in [2.75, 3.05) is 13.1 Å². The molecule has 0 aliphatic carbocycles. The van der Waals surface area contributed by atoms with E-state index in [1.807, 2.05) is 48.5 Å². The number of likely N-dealkylation sites (tertiary alicyclic amines) is 1. The van der Waals surface area contributed by atoms with E-state index in [2.05, 4.69) is 70.5 Å². The summed E-state index contributed by atoms with van der Waals surface area (Å²) in [5, 5.41) is 0. The standard InChI is InChI=1S/C30H27N3O2/c34-30-31-28-26(33(30)19-22-11-4-1-5-12-22)17-10-18-27(28)35-25-20-32(21-25)29(23-13-6-2-7-14-23)24-15-8-3-9-16-24/h1-18,25,29H,19-21H2,(H,31,34). The molecule has 0 atom stereocenters. The molecule has 1 fully saturated rings. The molecule has 174 valence electrons. The van der Waals surface area contributed by atoms with Gasteiger partial charge in [0, 0.05) is 13.1 Å². The molecule has 0 unspecified atom stereocenters. The molecule has 0 radical (unpaired) electrons. The summed E-state index contributed by atoms with van der Waals surface area (Å²) in [4.78, 5) is 18.2. The van der Waals surface area contributed by atoms with Crippen LogP contribution in [0.25, 0.3) is 11.0 Å². The number of nitrogens with one attached hydrogen (secondary N) is 1. The zero-order valence-electron chi connectivity index (χ0n) is 19.4. The van der Waals surface area contributed by atoms with Crippen LogP contribution in [0.1, 0.15) is 22.7 Å². The van der Waals surface area contributed by atoms with E-state index in [0.29, 0.717) is 6.54 Å². The molecule has 2 heterocycles. The molecular weight excluding hydrogens is 434 g/mol. The van der Waals surface area contributed by atoms with Gasteiger partial charge in [0.1, 0.15) is 17.4 Å². The van der Waals surface area contributed by atoms with E-state index in [0.717, 1.165) is 35.4 Å². The number of hydrogen-bond donors (Lipinski definition) is 1. The first kappa shape index (κ1) is 21.4. The quantitative estimate of drug-likeness (QED) is 0.361. The number of benzene rings is 4. The lowest BCUT2D eigenvalue weighted by Crippen LogP contribution is -2.55. The van der Waals surface area contributed by atoms with Crippen LogP contribution < -0.4 is 10.4 Å². The van der Waals surface area contributed by atoms with E-state index in [9.17, 15) is 4.79 Å². The third kappa shape index (κ3) is 4.27. The summed E-state index contributed by atoms with van der Waals surface area (Å²) in [6.07, 6.45) is 0.0662. The summed E-state index contributed by atoms with van der Waals surface area (Å²) in [6.45, 7) is 2.16. The van der Waals surface area contributed by atoms with Crippen molar-refractivity contribution in [1.29, 1.82) is 0 Å². The minimum Gasteiger partial charge on any atom is -0.485 e. The lowest BCUT2D eigenvalue weighted by Gasteiger charge is -2.44. The van der Waals surface area contributed by atoms with Crippen molar-refractivity contribution in [1.82, 2.24) is 14.5 Å².